The molecule has 1 aromatic carbocycles. The van der Waals surface area contributed by atoms with E-state index in [1.54, 1.807) is 29.2 Å². The number of hydrogen-bond donors (Lipinski definition) is 2. The van der Waals surface area contributed by atoms with Crippen molar-refractivity contribution in [3.8, 4) is 0 Å². The van der Waals surface area contributed by atoms with E-state index in [0.717, 1.165) is 0 Å². The molecule has 6 heteroatoms. The number of benzene rings is 1. The lowest BCUT2D eigenvalue weighted by atomic mass is 10.1. The van der Waals surface area contributed by atoms with Gasteiger partial charge in [-0.15, -0.1) is 0 Å². The minimum atomic E-state index is -0.382. The summed E-state index contributed by atoms with van der Waals surface area (Å²) in [6, 6.07) is 6.96. The van der Waals surface area contributed by atoms with Crippen LogP contribution >= 0.6 is 0 Å². The summed E-state index contributed by atoms with van der Waals surface area (Å²) in [6.45, 7) is 6.64. The number of rotatable bonds is 5. The first-order chi connectivity index (χ1) is 10.9. The maximum Gasteiger partial charge on any atom is 0.253 e. The van der Waals surface area contributed by atoms with Crippen LogP contribution < -0.4 is 10.6 Å². The highest BCUT2D eigenvalue weighted by Crippen LogP contribution is 2.23. The fourth-order valence-electron chi connectivity index (χ4n) is 2.69. The number of nitrogens with zero attached hydrogens (tertiary/aromatic N) is 1. The van der Waals surface area contributed by atoms with Crippen molar-refractivity contribution >= 4 is 23.4 Å². The molecule has 1 aliphatic rings. The Bertz CT molecular complexity index is 613. The van der Waals surface area contributed by atoms with Gasteiger partial charge in [-0.25, -0.2) is 0 Å². The van der Waals surface area contributed by atoms with Gasteiger partial charge in [0.2, 0.25) is 11.8 Å². The zero-order valence-electron chi connectivity index (χ0n) is 13.8. The SMILES string of the molecule is CCNC(=O)c1ccccc1NC(=O)[C@H]1CC(=O)N(C(C)C)C1. The summed E-state index contributed by atoms with van der Waals surface area (Å²) in [5.41, 5.74) is 0.895. The van der Waals surface area contributed by atoms with E-state index in [9.17, 15) is 14.4 Å². The van der Waals surface area contributed by atoms with Gasteiger partial charge in [0.25, 0.3) is 5.91 Å². The van der Waals surface area contributed by atoms with Gasteiger partial charge in [0.05, 0.1) is 17.2 Å². The smallest absolute Gasteiger partial charge is 0.253 e. The topological polar surface area (TPSA) is 78.5 Å². The molecule has 1 saturated heterocycles. The van der Waals surface area contributed by atoms with E-state index in [0.29, 0.717) is 24.3 Å². The normalized spacial score (nSPS) is 17.5. The van der Waals surface area contributed by atoms with Gasteiger partial charge in [-0.05, 0) is 32.9 Å². The number of amides is 3. The minimum absolute atomic E-state index is 0.00263. The van der Waals surface area contributed by atoms with Crippen molar-refractivity contribution in [3.63, 3.8) is 0 Å². The number of anilines is 1. The number of hydrogen-bond acceptors (Lipinski definition) is 3. The average Bonchev–Trinajstić information content (AvgIpc) is 2.90. The van der Waals surface area contributed by atoms with Gasteiger partial charge in [0.1, 0.15) is 0 Å². The van der Waals surface area contributed by atoms with Crippen LogP contribution in [0.1, 0.15) is 37.6 Å². The molecule has 124 valence electrons. The molecule has 2 rings (SSSR count). The summed E-state index contributed by atoms with van der Waals surface area (Å²) in [4.78, 5) is 38.1. The Morgan fingerprint density at radius 2 is 2.00 bits per heavy atom. The Morgan fingerprint density at radius 3 is 2.61 bits per heavy atom. The molecule has 2 N–H and O–H groups in total. The lowest BCUT2D eigenvalue weighted by molar-refractivity contribution is -0.129. The second kappa shape index (κ2) is 7.26. The highest BCUT2D eigenvalue weighted by molar-refractivity contribution is 6.05. The lowest BCUT2D eigenvalue weighted by Gasteiger charge is -2.20. The second-order valence-electron chi connectivity index (χ2n) is 5.94. The Kier molecular flexibility index (Phi) is 5.36. The summed E-state index contributed by atoms with van der Waals surface area (Å²) < 4.78 is 0. The van der Waals surface area contributed by atoms with Crippen LogP contribution in [0.4, 0.5) is 5.69 Å². The molecule has 6 nitrogen and oxygen atoms in total. The molecule has 0 aliphatic carbocycles. The molecule has 1 heterocycles. The number of likely N-dealkylation sites (tertiary alicyclic amines) is 1. The number of carbonyl (C=O) groups is 3. The molecule has 23 heavy (non-hydrogen) atoms. The number of nitrogens with one attached hydrogen (secondary N) is 2. The van der Waals surface area contributed by atoms with Crippen molar-refractivity contribution in [1.82, 2.24) is 10.2 Å². The molecule has 0 spiro atoms. The van der Waals surface area contributed by atoms with E-state index in [1.165, 1.54) is 0 Å². The van der Waals surface area contributed by atoms with Crippen molar-refractivity contribution in [2.45, 2.75) is 33.2 Å². The Hall–Kier alpha value is -2.37. The van der Waals surface area contributed by atoms with Crippen molar-refractivity contribution in [2.24, 2.45) is 5.92 Å². The van der Waals surface area contributed by atoms with Gasteiger partial charge in [-0.1, -0.05) is 12.1 Å². The molecule has 0 bridgehead atoms. The molecule has 1 atom stereocenters. The molecule has 3 amide bonds. The van der Waals surface area contributed by atoms with E-state index in [-0.39, 0.29) is 36.1 Å². The maximum absolute atomic E-state index is 12.4. The molecule has 0 unspecified atom stereocenters. The third-order valence-corrected chi connectivity index (χ3v) is 3.92. The molecule has 1 aliphatic heterocycles. The fraction of sp³-hybridized carbons (Fsp3) is 0.471. The predicted molar refractivity (Wildman–Crippen MR) is 88.0 cm³/mol. The highest BCUT2D eigenvalue weighted by atomic mass is 16.2. The number of carbonyl (C=O) groups excluding carboxylic acids is 3. The van der Waals surface area contributed by atoms with E-state index in [1.807, 2.05) is 20.8 Å². The second-order valence-corrected chi connectivity index (χ2v) is 5.94. The van der Waals surface area contributed by atoms with E-state index >= 15 is 0 Å². The molecule has 0 saturated carbocycles. The summed E-state index contributed by atoms with van der Waals surface area (Å²) in [5, 5.41) is 5.51. The molecule has 1 aromatic rings. The van der Waals surface area contributed by atoms with Crippen LogP contribution in [0.5, 0.6) is 0 Å². The molecule has 0 radical (unpaired) electrons. The van der Waals surface area contributed by atoms with E-state index < -0.39 is 0 Å². The van der Waals surface area contributed by atoms with Crippen molar-refractivity contribution in [2.75, 3.05) is 18.4 Å². The minimum Gasteiger partial charge on any atom is -0.352 e. The van der Waals surface area contributed by atoms with Gasteiger partial charge in [0, 0.05) is 25.6 Å². The van der Waals surface area contributed by atoms with Crippen LogP contribution in [0.25, 0.3) is 0 Å². The third-order valence-electron chi connectivity index (χ3n) is 3.92. The molecular formula is C17H23N3O3. The van der Waals surface area contributed by atoms with Crippen LogP contribution in [0.3, 0.4) is 0 Å². The van der Waals surface area contributed by atoms with Crippen LogP contribution in [0.2, 0.25) is 0 Å². The van der Waals surface area contributed by atoms with E-state index in [4.69, 9.17) is 0 Å². The highest BCUT2D eigenvalue weighted by Gasteiger charge is 2.35. The molecule has 0 aromatic heterocycles. The average molecular weight is 317 g/mol. The first kappa shape index (κ1) is 17.0. The van der Waals surface area contributed by atoms with Gasteiger partial charge >= 0.3 is 0 Å². The van der Waals surface area contributed by atoms with Crippen LogP contribution in [-0.2, 0) is 9.59 Å². The molecule has 1 fully saturated rings. The van der Waals surface area contributed by atoms with Gasteiger partial charge < -0.3 is 15.5 Å². The summed E-state index contributed by atoms with van der Waals surface area (Å²) >= 11 is 0. The van der Waals surface area contributed by atoms with Gasteiger partial charge in [0.15, 0.2) is 0 Å². The Balaban J connectivity index is 2.10. The third kappa shape index (κ3) is 3.88. The quantitative estimate of drug-likeness (QED) is 0.866. The van der Waals surface area contributed by atoms with Gasteiger partial charge in [-0.2, -0.15) is 0 Å². The lowest BCUT2D eigenvalue weighted by Crippen LogP contribution is -2.33. The summed E-state index contributed by atoms with van der Waals surface area (Å²) in [6.07, 6.45) is 0.216. The first-order valence-electron chi connectivity index (χ1n) is 7.91. The van der Waals surface area contributed by atoms with Crippen molar-refractivity contribution in [1.29, 1.82) is 0 Å². The fourth-order valence-corrected chi connectivity index (χ4v) is 2.69. The van der Waals surface area contributed by atoms with Crippen LogP contribution in [0, 0.1) is 5.92 Å². The largest absolute Gasteiger partial charge is 0.352 e. The summed E-state index contributed by atoms with van der Waals surface area (Å²) in [5.74, 6) is -0.836. The van der Waals surface area contributed by atoms with Crippen molar-refractivity contribution in [3.05, 3.63) is 29.8 Å². The van der Waals surface area contributed by atoms with E-state index in [2.05, 4.69) is 10.6 Å². The first-order valence-corrected chi connectivity index (χ1v) is 7.91. The number of para-hydroxylation sites is 1. The Morgan fingerprint density at radius 1 is 1.30 bits per heavy atom. The Labute approximate surface area is 136 Å². The zero-order chi connectivity index (χ0) is 17.0. The van der Waals surface area contributed by atoms with Crippen LogP contribution in [-0.4, -0.2) is 41.8 Å². The van der Waals surface area contributed by atoms with Gasteiger partial charge in [-0.3, -0.25) is 14.4 Å². The predicted octanol–water partition coefficient (Wildman–Crippen LogP) is 1.63. The maximum atomic E-state index is 12.4. The van der Waals surface area contributed by atoms with Crippen molar-refractivity contribution < 1.29 is 14.4 Å². The zero-order valence-corrected chi connectivity index (χ0v) is 13.8. The summed E-state index contributed by atoms with van der Waals surface area (Å²) in [7, 11) is 0. The monoisotopic (exact) mass is 317 g/mol. The molecular weight excluding hydrogens is 294 g/mol. The van der Waals surface area contributed by atoms with Crippen LogP contribution in [0.15, 0.2) is 24.3 Å². The standard InChI is InChI=1S/C17H23N3O3/c1-4-18-17(23)13-7-5-6-8-14(13)19-16(22)12-9-15(21)20(10-12)11(2)3/h5-8,11-12H,4,9-10H2,1-3H3,(H,18,23)(H,19,22)/t12-/m0/s1.